The van der Waals surface area contributed by atoms with Gasteiger partial charge in [0.05, 0.1) is 21.2 Å². The van der Waals surface area contributed by atoms with E-state index < -0.39 is 4.92 Å². The molecule has 0 aliphatic rings. The Kier molecular flexibility index (Phi) is 4.56. The summed E-state index contributed by atoms with van der Waals surface area (Å²) in [5.41, 5.74) is 2.16. The highest BCUT2D eigenvalue weighted by molar-refractivity contribution is 7.99. The maximum Gasteiger partial charge on any atom is 0.269 e. The maximum atomic E-state index is 10.7. The van der Waals surface area contributed by atoms with E-state index in [1.54, 1.807) is 30.3 Å². The van der Waals surface area contributed by atoms with Gasteiger partial charge in [0.15, 0.2) is 0 Å². The molecule has 0 fully saturated rings. The van der Waals surface area contributed by atoms with E-state index in [9.17, 15) is 15.4 Å². The van der Waals surface area contributed by atoms with Gasteiger partial charge in [0, 0.05) is 22.1 Å². The van der Waals surface area contributed by atoms with Crippen LogP contribution in [0.15, 0.2) is 64.5 Å². The zero-order chi connectivity index (χ0) is 17.1. The lowest BCUT2D eigenvalue weighted by molar-refractivity contribution is -0.384. The van der Waals surface area contributed by atoms with Crippen LogP contribution < -0.4 is 0 Å². The number of rotatable bonds is 4. The van der Waals surface area contributed by atoms with Gasteiger partial charge >= 0.3 is 0 Å². The second-order valence-electron chi connectivity index (χ2n) is 4.89. The molecule has 0 aliphatic carbocycles. The number of non-ortho nitro benzene ring substituents is 1. The average molecular weight is 356 g/mol. The Morgan fingerprint density at radius 2 is 1.79 bits per heavy atom. The fourth-order valence-corrected chi connectivity index (χ4v) is 3.16. The van der Waals surface area contributed by atoms with Crippen molar-refractivity contribution in [2.45, 2.75) is 9.92 Å². The van der Waals surface area contributed by atoms with Gasteiger partial charge < -0.3 is 4.98 Å². The summed E-state index contributed by atoms with van der Waals surface area (Å²) < 4.78 is 0. The first kappa shape index (κ1) is 16.1. The van der Waals surface area contributed by atoms with Crippen molar-refractivity contribution in [3.05, 3.63) is 75.3 Å². The van der Waals surface area contributed by atoms with Gasteiger partial charge in [0.1, 0.15) is 6.07 Å². The second kappa shape index (κ2) is 6.79. The van der Waals surface area contributed by atoms with Crippen molar-refractivity contribution < 1.29 is 4.92 Å². The van der Waals surface area contributed by atoms with Crippen LogP contribution in [0.1, 0.15) is 5.56 Å². The van der Waals surface area contributed by atoms with Gasteiger partial charge in [0.25, 0.3) is 5.69 Å². The summed E-state index contributed by atoms with van der Waals surface area (Å²) in [7, 11) is 0. The molecule has 1 aromatic heterocycles. The van der Waals surface area contributed by atoms with E-state index in [1.165, 1.54) is 23.9 Å². The quantitative estimate of drug-likeness (QED) is 0.510. The number of nitro groups is 1. The number of hydrogen-bond donors (Lipinski definition) is 1. The molecule has 0 aliphatic heterocycles. The van der Waals surface area contributed by atoms with Gasteiger partial charge in [-0.05, 0) is 35.9 Å². The van der Waals surface area contributed by atoms with Gasteiger partial charge in [-0.2, -0.15) is 5.26 Å². The molecule has 118 valence electrons. The Hall–Kier alpha value is -2.75. The minimum Gasteiger partial charge on any atom is -0.348 e. The molecule has 0 unspecified atom stereocenters. The van der Waals surface area contributed by atoms with Crippen molar-refractivity contribution in [1.82, 2.24) is 4.98 Å². The van der Waals surface area contributed by atoms with Crippen molar-refractivity contribution in [2.75, 3.05) is 0 Å². The molecule has 24 heavy (non-hydrogen) atoms. The summed E-state index contributed by atoms with van der Waals surface area (Å²) in [6, 6.07) is 17.4. The van der Waals surface area contributed by atoms with Gasteiger partial charge in [0.2, 0.25) is 0 Å². The highest BCUT2D eigenvalue weighted by Crippen LogP contribution is 2.33. The molecule has 0 amide bonds. The molecule has 1 heterocycles. The van der Waals surface area contributed by atoms with Gasteiger partial charge in [-0.25, -0.2) is 0 Å². The molecule has 0 saturated heterocycles. The van der Waals surface area contributed by atoms with E-state index in [4.69, 9.17) is 11.6 Å². The normalized spacial score (nSPS) is 10.3. The van der Waals surface area contributed by atoms with Crippen molar-refractivity contribution in [1.29, 1.82) is 5.26 Å². The highest BCUT2D eigenvalue weighted by Gasteiger charge is 2.12. The molecule has 3 rings (SSSR count). The molecule has 0 atom stereocenters. The molecule has 1 N–H and O–H groups in total. The lowest BCUT2D eigenvalue weighted by Crippen LogP contribution is -1.86. The monoisotopic (exact) mass is 355 g/mol. The third-order valence-corrected chi connectivity index (χ3v) is 4.52. The molecule has 7 heteroatoms. The summed E-state index contributed by atoms with van der Waals surface area (Å²) in [5.74, 6) is 0. The summed E-state index contributed by atoms with van der Waals surface area (Å²) >= 11 is 7.29. The van der Waals surface area contributed by atoms with E-state index in [0.29, 0.717) is 10.6 Å². The Morgan fingerprint density at radius 3 is 2.38 bits per heavy atom. The molecule has 0 radical (unpaired) electrons. The Balaban J connectivity index is 1.88. The van der Waals surface area contributed by atoms with Crippen molar-refractivity contribution in [2.24, 2.45) is 0 Å². The number of aromatic amines is 1. The topological polar surface area (TPSA) is 82.7 Å². The van der Waals surface area contributed by atoms with Gasteiger partial charge in [-0.3, -0.25) is 10.1 Å². The van der Waals surface area contributed by atoms with Crippen LogP contribution >= 0.6 is 23.4 Å². The first-order chi connectivity index (χ1) is 11.6. The lowest BCUT2D eigenvalue weighted by Gasteiger charge is -2.01. The molecule has 0 saturated carbocycles. The first-order valence-electron chi connectivity index (χ1n) is 6.88. The van der Waals surface area contributed by atoms with Crippen LogP contribution in [0, 0.1) is 21.4 Å². The molecule has 0 bridgehead atoms. The van der Waals surface area contributed by atoms with Crippen LogP contribution in [0.3, 0.4) is 0 Å². The number of H-pyrrole nitrogens is 1. The van der Waals surface area contributed by atoms with E-state index in [-0.39, 0.29) is 5.69 Å². The predicted molar refractivity (Wildman–Crippen MR) is 93.2 cm³/mol. The van der Waals surface area contributed by atoms with Crippen molar-refractivity contribution in [3.8, 4) is 17.3 Å². The Labute approximate surface area is 147 Å². The van der Waals surface area contributed by atoms with E-state index >= 15 is 0 Å². The maximum absolute atomic E-state index is 10.7. The lowest BCUT2D eigenvalue weighted by atomic mass is 10.1. The third-order valence-electron chi connectivity index (χ3n) is 3.32. The largest absolute Gasteiger partial charge is 0.348 e. The van der Waals surface area contributed by atoms with Crippen LogP contribution in [0.25, 0.3) is 11.3 Å². The summed E-state index contributed by atoms with van der Waals surface area (Å²) in [4.78, 5) is 14.3. The van der Waals surface area contributed by atoms with Crippen LogP contribution in [0.4, 0.5) is 5.69 Å². The van der Waals surface area contributed by atoms with Gasteiger partial charge in [-0.15, -0.1) is 0 Å². The molecular formula is C17H10ClN3O2S. The summed E-state index contributed by atoms with van der Waals surface area (Å²) in [5, 5.41) is 21.4. The number of nitrogens with one attached hydrogen (secondary N) is 1. The molecule has 5 nitrogen and oxygen atoms in total. The second-order valence-corrected chi connectivity index (χ2v) is 6.45. The number of aromatic nitrogens is 1. The minimum absolute atomic E-state index is 0.0467. The number of nitrogens with zero attached hydrogens (tertiary/aromatic N) is 2. The molecule has 0 spiro atoms. The SMILES string of the molecule is N#Cc1cc(Sc2ccc([N+](=O)[O-])cc2)[nH]c1-c1ccc(Cl)cc1. The predicted octanol–water partition coefficient (Wildman–Crippen LogP) is 5.27. The van der Waals surface area contributed by atoms with Crippen LogP contribution in [0.5, 0.6) is 0 Å². The molecule has 2 aromatic carbocycles. The van der Waals surface area contributed by atoms with Gasteiger partial charge in [-0.1, -0.05) is 35.5 Å². The fraction of sp³-hybridized carbons (Fsp3) is 0. The summed E-state index contributed by atoms with van der Waals surface area (Å²) in [6.07, 6.45) is 0. The number of nitriles is 1. The van der Waals surface area contributed by atoms with Crippen LogP contribution in [-0.4, -0.2) is 9.91 Å². The minimum atomic E-state index is -0.435. The fourth-order valence-electron chi connectivity index (χ4n) is 2.18. The van der Waals surface area contributed by atoms with Crippen LogP contribution in [0.2, 0.25) is 5.02 Å². The van der Waals surface area contributed by atoms with Crippen molar-refractivity contribution in [3.63, 3.8) is 0 Å². The van der Waals surface area contributed by atoms with Crippen molar-refractivity contribution >= 4 is 29.1 Å². The third kappa shape index (κ3) is 3.43. The number of benzene rings is 2. The number of nitro benzene ring substituents is 1. The standard InChI is InChI=1S/C17H10ClN3O2S/c18-13-3-1-11(2-4-13)17-12(10-19)9-16(20-17)24-15-7-5-14(6-8-15)21(22)23/h1-9,20H. The highest BCUT2D eigenvalue weighted by atomic mass is 35.5. The average Bonchev–Trinajstić information content (AvgIpc) is 2.99. The first-order valence-corrected chi connectivity index (χ1v) is 8.07. The van der Waals surface area contributed by atoms with Crippen LogP contribution in [-0.2, 0) is 0 Å². The number of halogens is 1. The molecular weight excluding hydrogens is 346 g/mol. The summed E-state index contributed by atoms with van der Waals surface area (Å²) in [6.45, 7) is 0. The van der Waals surface area contributed by atoms with E-state index in [2.05, 4.69) is 11.1 Å². The Morgan fingerprint density at radius 1 is 1.12 bits per heavy atom. The Bertz CT molecular complexity index is 928. The zero-order valence-corrected chi connectivity index (χ0v) is 13.8. The van der Waals surface area contributed by atoms with E-state index in [1.807, 2.05) is 12.1 Å². The zero-order valence-electron chi connectivity index (χ0n) is 12.2. The van der Waals surface area contributed by atoms with E-state index in [0.717, 1.165) is 21.2 Å². The number of hydrogen-bond acceptors (Lipinski definition) is 4. The molecule has 3 aromatic rings. The smallest absolute Gasteiger partial charge is 0.269 e.